The van der Waals surface area contributed by atoms with E-state index in [9.17, 15) is 9.59 Å². The first-order chi connectivity index (χ1) is 15.0. The van der Waals surface area contributed by atoms with Crippen molar-refractivity contribution < 1.29 is 9.53 Å². The number of hydrogen-bond donors (Lipinski definition) is 1. The second kappa shape index (κ2) is 9.44. The van der Waals surface area contributed by atoms with E-state index in [1.807, 2.05) is 38.1 Å². The summed E-state index contributed by atoms with van der Waals surface area (Å²) in [6.07, 6.45) is 5.04. The summed E-state index contributed by atoms with van der Waals surface area (Å²) in [6.45, 7) is 4.01. The predicted octanol–water partition coefficient (Wildman–Crippen LogP) is 4.34. The molecule has 164 valence electrons. The number of rotatable bonds is 7. The highest BCUT2D eigenvalue weighted by molar-refractivity contribution is 7.99. The van der Waals surface area contributed by atoms with Gasteiger partial charge in [0.05, 0.1) is 23.9 Å². The minimum absolute atomic E-state index is 0.0641. The third kappa shape index (κ3) is 4.36. The smallest absolute Gasteiger partial charge is 0.267 e. The van der Waals surface area contributed by atoms with Gasteiger partial charge in [-0.05, 0) is 56.7 Å². The highest BCUT2D eigenvalue weighted by Gasteiger charge is 2.24. The summed E-state index contributed by atoms with van der Waals surface area (Å²) in [4.78, 5) is 33.1. The van der Waals surface area contributed by atoms with E-state index in [4.69, 9.17) is 9.72 Å². The highest BCUT2D eigenvalue weighted by atomic mass is 32.2. The molecule has 0 bridgehead atoms. The predicted molar refractivity (Wildman–Crippen MR) is 127 cm³/mol. The topological polar surface area (TPSA) is 73.2 Å². The first-order valence-electron chi connectivity index (χ1n) is 10.7. The molecular formula is C23H27N3O3S2. The fourth-order valence-electron chi connectivity index (χ4n) is 3.86. The number of ether oxygens (including phenoxy) is 1. The van der Waals surface area contributed by atoms with Crippen molar-refractivity contribution in [2.45, 2.75) is 57.1 Å². The van der Waals surface area contributed by atoms with Crippen LogP contribution >= 0.6 is 23.1 Å². The molecule has 1 aromatic carbocycles. The number of nitrogens with zero attached hydrogens (tertiary/aromatic N) is 2. The largest absolute Gasteiger partial charge is 0.495 e. The summed E-state index contributed by atoms with van der Waals surface area (Å²) in [7, 11) is 1.59. The Bertz CT molecular complexity index is 1170. The van der Waals surface area contributed by atoms with E-state index >= 15 is 0 Å². The molecule has 1 amide bonds. The van der Waals surface area contributed by atoms with Crippen molar-refractivity contribution in [2.24, 2.45) is 0 Å². The van der Waals surface area contributed by atoms with E-state index in [0.29, 0.717) is 16.6 Å². The van der Waals surface area contributed by atoms with Crippen LogP contribution in [0.5, 0.6) is 5.75 Å². The lowest BCUT2D eigenvalue weighted by atomic mass is 9.97. The molecule has 0 fully saturated rings. The van der Waals surface area contributed by atoms with Gasteiger partial charge in [-0.3, -0.25) is 14.2 Å². The second-order valence-electron chi connectivity index (χ2n) is 7.76. The summed E-state index contributed by atoms with van der Waals surface area (Å²) in [5, 5.41) is 4.21. The van der Waals surface area contributed by atoms with Gasteiger partial charge < -0.3 is 10.1 Å². The lowest BCUT2D eigenvalue weighted by Crippen LogP contribution is -2.33. The van der Waals surface area contributed by atoms with Gasteiger partial charge in [-0.15, -0.1) is 11.3 Å². The molecule has 2 heterocycles. The number of benzene rings is 1. The molecule has 1 N–H and O–H groups in total. The maximum atomic E-state index is 13.8. The molecule has 0 radical (unpaired) electrons. The summed E-state index contributed by atoms with van der Waals surface area (Å²) in [5.41, 5.74) is 1.71. The van der Waals surface area contributed by atoms with Gasteiger partial charge in [0.15, 0.2) is 5.16 Å². The van der Waals surface area contributed by atoms with E-state index in [-0.39, 0.29) is 23.3 Å². The van der Waals surface area contributed by atoms with Crippen molar-refractivity contribution >= 4 is 39.2 Å². The molecule has 0 unspecified atom stereocenters. The van der Waals surface area contributed by atoms with Crippen molar-refractivity contribution in [1.29, 1.82) is 0 Å². The normalized spacial score (nSPS) is 14.3. The second-order valence-corrected chi connectivity index (χ2v) is 9.79. The van der Waals surface area contributed by atoms with Gasteiger partial charge in [-0.1, -0.05) is 30.8 Å². The summed E-state index contributed by atoms with van der Waals surface area (Å²) < 4.78 is 7.15. The Labute approximate surface area is 190 Å². The fourth-order valence-corrected chi connectivity index (χ4v) is 5.98. The molecule has 8 heteroatoms. The summed E-state index contributed by atoms with van der Waals surface area (Å²) >= 11 is 2.91. The van der Waals surface area contributed by atoms with Crippen LogP contribution in [-0.2, 0) is 17.6 Å². The van der Waals surface area contributed by atoms with Gasteiger partial charge in [0.25, 0.3) is 5.56 Å². The number of aromatic nitrogens is 2. The number of thioether (sulfide) groups is 1. The van der Waals surface area contributed by atoms with Crippen LogP contribution in [0, 0.1) is 0 Å². The molecule has 4 rings (SSSR count). The van der Waals surface area contributed by atoms with Crippen LogP contribution < -0.4 is 15.6 Å². The first kappa shape index (κ1) is 21.9. The van der Waals surface area contributed by atoms with Crippen molar-refractivity contribution in [1.82, 2.24) is 14.9 Å². The average molecular weight is 458 g/mol. The number of thiophene rings is 1. The third-order valence-corrected chi connectivity index (χ3v) is 7.76. The quantitative estimate of drug-likeness (QED) is 0.422. The molecule has 0 aliphatic heterocycles. The number of methoxy groups -OCH3 is 1. The molecule has 1 aliphatic carbocycles. The van der Waals surface area contributed by atoms with Crippen LogP contribution in [0.3, 0.4) is 0 Å². The van der Waals surface area contributed by atoms with Crippen molar-refractivity contribution in [2.75, 3.05) is 12.9 Å². The van der Waals surface area contributed by atoms with Crippen LogP contribution in [0.4, 0.5) is 0 Å². The molecule has 1 atom stereocenters. The van der Waals surface area contributed by atoms with Gasteiger partial charge in [0, 0.05) is 10.9 Å². The van der Waals surface area contributed by atoms with Crippen LogP contribution in [0.15, 0.2) is 34.2 Å². The Morgan fingerprint density at radius 3 is 2.87 bits per heavy atom. The Balaban J connectivity index is 1.83. The number of hydrogen-bond acceptors (Lipinski definition) is 6. The molecule has 0 saturated carbocycles. The summed E-state index contributed by atoms with van der Waals surface area (Å²) in [5.74, 6) is 0.731. The van der Waals surface area contributed by atoms with Gasteiger partial charge in [0.1, 0.15) is 10.6 Å². The molecular weight excluding hydrogens is 430 g/mol. The maximum Gasteiger partial charge on any atom is 0.267 e. The number of amides is 1. The molecule has 6 nitrogen and oxygen atoms in total. The van der Waals surface area contributed by atoms with E-state index in [1.165, 1.54) is 16.6 Å². The lowest BCUT2D eigenvalue weighted by Gasteiger charge is -2.16. The minimum Gasteiger partial charge on any atom is -0.495 e. The van der Waals surface area contributed by atoms with E-state index in [0.717, 1.165) is 47.9 Å². The van der Waals surface area contributed by atoms with Gasteiger partial charge in [-0.25, -0.2) is 4.98 Å². The summed E-state index contributed by atoms with van der Waals surface area (Å²) in [6, 6.07) is 7.55. The Hall–Kier alpha value is -2.32. The Morgan fingerprint density at radius 1 is 1.32 bits per heavy atom. The highest BCUT2D eigenvalue weighted by Crippen LogP contribution is 2.36. The SMILES string of the molecule is CC[C@@H](C)NC(=O)CSc1nc2sc3c(c2c(=O)n1-c1ccccc1OC)CCCC3. The van der Waals surface area contributed by atoms with Crippen LogP contribution in [-0.4, -0.2) is 34.4 Å². The Morgan fingerprint density at radius 2 is 2.10 bits per heavy atom. The molecule has 3 aromatic rings. The number of para-hydroxylation sites is 2. The third-order valence-electron chi connectivity index (χ3n) is 5.64. The van der Waals surface area contributed by atoms with E-state index in [2.05, 4.69) is 5.32 Å². The standard InChI is InChI=1S/C23H27N3O3S2/c1-4-14(2)24-19(27)13-30-23-25-21-20(15-9-5-8-12-18(15)31-21)22(28)26(23)16-10-6-7-11-17(16)29-3/h6-7,10-11,14H,4-5,8-9,12-13H2,1-3H3,(H,24,27)/t14-/m1/s1. The van der Waals surface area contributed by atoms with Crippen molar-refractivity contribution in [3.05, 3.63) is 45.1 Å². The molecule has 0 saturated heterocycles. The lowest BCUT2D eigenvalue weighted by molar-refractivity contribution is -0.119. The molecule has 31 heavy (non-hydrogen) atoms. The zero-order valence-corrected chi connectivity index (χ0v) is 19.7. The van der Waals surface area contributed by atoms with Crippen molar-refractivity contribution in [3.63, 3.8) is 0 Å². The van der Waals surface area contributed by atoms with Gasteiger partial charge >= 0.3 is 0 Å². The van der Waals surface area contributed by atoms with E-state index in [1.54, 1.807) is 23.0 Å². The van der Waals surface area contributed by atoms with Crippen LogP contribution in [0.2, 0.25) is 0 Å². The first-order valence-corrected chi connectivity index (χ1v) is 12.5. The molecule has 2 aromatic heterocycles. The number of aryl methyl sites for hydroxylation is 2. The number of carbonyl (C=O) groups excluding carboxylic acids is 1. The van der Waals surface area contributed by atoms with Gasteiger partial charge in [-0.2, -0.15) is 0 Å². The average Bonchev–Trinajstić information content (AvgIpc) is 3.16. The maximum absolute atomic E-state index is 13.8. The van der Waals surface area contributed by atoms with Crippen LogP contribution in [0.1, 0.15) is 43.6 Å². The molecule has 0 spiro atoms. The van der Waals surface area contributed by atoms with E-state index < -0.39 is 0 Å². The molecule has 1 aliphatic rings. The number of nitrogens with one attached hydrogen (secondary N) is 1. The zero-order valence-electron chi connectivity index (χ0n) is 18.1. The number of fused-ring (bicyclic) bond motifs is 3. The van der Waals surface area contributed by atoms with Gasteiger partial charge in [0.2, 0.25) is 5.91 Å². The zero-order chi connectivity index (χ0) is 22.0. The van der Waals surface area contributed by atoms with Crippen molar-refractivity contribution in [3.8, 4) is 11.4 Å². The minimum atomic E-state index is -0.0845. The van der Waals surface area contributed by atoms with Crippen LogP contribution in [0.25, 0.3) is 15.9 Å². The Kier molecular flexibility index (Phi) is 6.67. The monoisotopic (exact) mass is 457 g/mol. The number of carbonyl (C=O) groups is 1. The fraction of sp³-hybridized carbons (Fsp3) is 0.435.